The van der Waals surface area contributed by atoms with Crippen molar-refractivity contribution in [1.29, 1.82) is 0 Å². The lowest BCUT2D eigenvalue weighted by Gasteiger charge is -2.12. The molecule has 1 aliphatic carbocycles. The van der Waals surface area contributed by atoms with Crippen molar-refractivity contribution in [3.63, 3.8) is 0 Å². The number of hydrogen-bond donors (Lipinski definition) is 3. The molecule has 1 fully saturated rings. The van der Waals surface area contributed by atoms with Gasteiger partial charge in [0.2, 0.25) is 0 Å². The van der Waals surface area contributed by atoms with Gasteiger partial charge in [0, 0.05) is 19.1 Å². The molecular weight excluding hydrogens is 202 g/mol. The van der Waals surface area contributed by atoms with Gasteiger partial charge in [0.25, 0.3) is 10.2 Å². The van der Waals surface area contributed by atoms with Gasteiger partial charge in [-0.1, -0.05) is 6.92 Å². The lowest BCUT2D eigenvalue weighted by Crippen LogP contribution is -2.43. The molecule has 0 aromatic rings. The average Bonchev–Trinajstić information content (AvgIpc) is 2.94. The molecule has 0 aliphatic heterocycles. The van der Waals surface area contributed by atoms with E-state index in [0.29, 0.717) is 19.0 Å². The van der Waals surface area contributed by atoms with Crippen molar-refractivity contribution in [1.82, 2.24) is 9.44 Å². The summed E-state index contributed by atoms with van der Waals surface area (Å²) in [5.41, 5.74) is 5.76. The minimum absolute atomic E-state index is 0.0341. The smallest absolute Gasteiger partial charge is 0.276 e. The molecule has 84 valence electrons. The maximum atomic E-state index is 11.3. The van der Waals surface area contributed by atoms with E-state index in [1.165, 1.54) is 0 Å². The molecule has 0 amide bonds. The van der Waals surface area contributed by atoms with Crippen molar-refractivity contribution in [3.8, 4) is 0 Å². The molecule has 0 radical (unpaired) electrons. The van der Waals surface area contributed by atoms with Crippen LogP contribution in [0.3, 0.4) is 0 Å². The molecule has 0 bridgehead atoms. The molecular formula is C8H19N3O2S. The van der Waals surface area contributed by atoms with Crippen LogP contribution in [0.1, 0.15) is 26.2 Å². The van der Waals surface area contributed by atoms with Gasteiger partial charge in [-0.15, -0.1) is 0 Å². The predicted molar refractivity (Wildman–Crippen MR) is 55.9 cm³/mol. The molecule has 0 heterocycles. The standard InChI is InChI=1S/C8H19N3O2S/c1-2-5-10-14(12,13)11-6-8(9)7-3-4-7/h7-8,10-11H,2-6,9H2,1H3. The first kappa shape index (κ1) is 11.9. The number of nitrogens with two attached hydrogens (primary N) is 1. The largest absolute Gasteiger partial charge is 0.326 e. The van der Waals surface area contributed by atoms with Crippen molar-refractivity contribution >= 4 is 10.2 Å². The lowest BCUT2D eigenvalue weighted by molar-refractivity contribution is 0.537. The van der Waals surface area contributed by atoms with Gasteiger partial charge in [0.1, 0.15) is 0 Å². The molecule has 1 aliphatic rings. The zero-order valence-corrected chi connectivity index (χ0v) is 9.31. The fourth-order valence-electron chi connectivity index (χ4n) is 1.18. The first-order chi connectivity index (χ1) is 6.55. The van der Waals surface area contributed by atoms with Gasteiger partial charge < -0.3 is 5.73 Å². The fourth-order valence-corrected chi connectivity index (χ4v) is 2.17. The molecule has 4 N–H and O–H groups in total. The second-order valence-electron chi connectivity index (χ2n) is 3.75. The summed E-state index contributed by atoms with van der Waals surface area (Å²) in [6.07, 6.45) is 3.05. The Hall–Kier alpha value is -0.170. The van der Waals surface area contributed by atoms with Gasteiger partial charge in [0.15, 0.2) is 0 Å². The van der Waals surface area contributed by atoms with E-state index in [4.69, 9.17) is 5.73 Å². The lowest BCUT2D eigenvalue weighted by atomic mass is 10.2. The van der Waals surface area contributed by atoms with Crippen LogP contribution in [0.25, 0.3) is 0 Å². The van der Waals surface area contributed by atoms with Crippen molar-refractivity contribution in [3.05, 3.63) is 0 Å². The van der Waals surface area contributed by atoms with E-state index in [1.807, 2.05) is 6.92 Å². The molecule has 1 saturated carbocycles. The first-order valence-electron chi connectivity index (χ1n) is 5.05. The van der Waals surface area contributed by atoms with Crippen LogP contribution < -0.4 is 15.2 Å². The first-order valence-corrected chi connectivity index (χ1v) is 6.53. The Balaban J connectivity index is 2.20. The van der Waals surface area contributed by atoms with Gasteiger partial charge >= 0.3 is 0 Å². The summed E-state index contributed by atoms with van der Waals surface area (Å²) in [4.78, 5) is 0. The highest BCUT2D eigenvalue weighted by Crippen LogP contribution is 2.31. The quantitative estimate of drug-likeness (QED) is 0.545. The summed E-state index contributed by atoms with van der Waals surface area (Å²) >= 11 is 0. The van der Waals surface area contributed by atoms with Gasteiger partial charge in [-0.3, -0.25) is 0 Å². The van der Waals surface area contributed by atoms with Crippen LogP contribution in [0.15, 0.2) is 0 Å². The van der Waals surface area contributed by atoms with E-state index < -0.39 is 10.2 Å². The molecule has 0 saturated heterocycles. The topological polar surface area (TPSA) is 84.2 Å². The molecule has 0 spiro atoms. The van der Waals surface area contributed by atoms with Crippen LogP contribution in [0.5, 0.6) is 0 Å². The third kappa shape index (κ3) is 4.36. The van der Waals surface area contributed by atoms with E-state index in [-0.39, 0.29) is 6.04 Å². The Morgan fingerprint density at radius 1 is 1.43 bits per heavy atom. The van der Waals surface area contributed by atoms with Gasteiger partial charge in [0.05, 0.1) is 0 Å². The molecule has 0 aromatic carbocycles. The summed E-state index contributed by atoms with van der Waals surface area (Å²) < 4.78 is 27.4. The highest BCUT2D eigenvalue weighted by Gasteiger charge is 2.28. The normalized spacial score (nSPS) is 19.6. The predicted octanol–water partition coefficient (Wildman–Crippen LogP) is -0.442. The minimum atomic E-state index is -3.32. The highest BCUT2D eigenvalue weighted by atomic mass is 32.2. The van der Waals surface area contributed by atoms with Crippen LogP contribution in [-0.4, -0.2) is 27.5 Å². The van der Waals surface area contributed by atoms with Crippen LogP contribution >= 0.6 is 0 Å². The van der Waals surface area contributed by atoms with E-state index in [2.05, 4.69) is 9.44 Å². The monoisotopic (exact) mass is 221 g/mol. The van der Waals surface area contributed by atoms with Crippen molar-refractivity contribution in [2.75, 3.05) is 13.1 Å². The number of rotatable bonds is 7. The van der Waals surface area contributed by atoms with Crippen LogP contribution in [0.4, 0.5) is 0 Å². The Morgan fingerprint density at radius 2 is 2.07 bits per heavy atom. The maximum absolute atomic E-state index is 11.3. The second kappa shape index (κ2) is 5.06. The highest BCUT2D eigenvalue weighted by molar-refractivity contribution is 7.87. The summed E-state index contributed by atoms with van der Waals surface area (Å²) in [6.45, 7) is 2.72. The van der Waals surface area contributed by atoms with Gasteiger partial charge in [-0.05, 0) is 25.2 Å². The third-order valence-corrected chi connectivity index (χ3v) is 3.41. The molecule has 1 atom stereocenters. The van der Waals surface area contributed by atoms with Crippen LogP contribution in [0, 0.1) is 5.92 Å². The zero-order chi connectivity index (χ0) is 10.6. The van der Waals surface area contributed by atoms with Crippen molar-refractivity contribution in [2.45, 2.75) is 32.2 Å². The maximum Gasteiger partial charge on any atom is 0.276 e. The van der Waals surface area contributed by atoms with Crippen molar-refractivity contribution in [2.24, 2.45) is 11.7 Å². The molecule has 0 aromatic heterocycles. The summed E-state index contributed by atoms with van der Waals surface area (Å²) in [5, 5.41) is 0. The van der Waals surface area contributed by atoms with Gasteiger partial charge in [-0.25, -0.2) is 9.44 Å². The van der Waals surface area contributed by atoms with E-state index in [9.17, 15) is 8.42 Å². The number of hydrogen-bond acceptors (Lipinski definition) is 3. The molecule has 1 rings (SSSR count). The summed E-state index contributed by atoms with van der Waals surface area (Å²) in [7, 11) is -3.32. The molecule has 1 unspecified atom stereocenters. The summed E-state index contributed by atoms with van der Waals surface area (Å²) in [6, 6.07) is -0.0341. The van der Waals surface area contributed by atoms with Crippen LogP contribution in [0.2, 0.25) is 0 Å². The molecule has 5 nitrogen and oxygen atoms in total. The molecule has 14 heavy (non-hydrogen) atoms. The molecule has 6 heteroatoms. The Bertz CT molecular complexity index is 262. The summed E-state index contributed by atoms with van der Waals surface area (Å²) in [5.74, 6) is 0.517. The zero-order valence-electron chi connectivity index (χ0n) is 8.49. The third-order valence-electron chi connectivity index (χ3n) is 2.28. The number of nitrogens with one attached hydrogen (secondary N) is 2. The van der Waals surface area contributed by atoms with Crippen molar-refractivity contribution < 1.29 is 8.42 Å². The SMILES string of the molecule is CCCNS(=O)(=O)NCC(N)C1CC1. The van der Waals surface area contributed by atoms with Crippen LogP contribution in [-0.2, 0) is 10.2 Å². The minimum Gasteiger partial charge on any atom is -0.326 e. The Kier molecular flexibility index (Phi) is 4.31. The Morgan fingerprint density at radius 3 is 2.57 bits per heavy atom. The van der Waals surface area contributed by atoms with E-state index in [1.54, 1.807) is 0 Å². The fraction of sp³-hybridized carbons (Fsp3) is 1.00. The van der Waals surface area contributed by atoms with E-state index in [0.717, 1.165) is 19.3 Å². The Labute approximate surface area is 85.6 Å². The average molecular weight is 221 g/mol. The van der Waals surface area contributed by atoms with E-state index >= 15 is 0 Å². The second-order valence-corrected chi connectivity index (χ2v) is 5.33. The van der Waals surface area contributed by atoms with Gasteiger partial charge in [-0.2, -0.15) is 8.42 Å².